The second kappa shape index (κ2) is 7.78. The molecule has 0 atom stereocenters. The smallest absolute Gasteiger partial charge is 0.191 e. The lowest BCUT2D eigenvalue weighted by atomic mass is 10.2. The third-order valence-corrected chi connectivity index (χ3v) is 4.52. The predicted octanol–water partition coefficient (Wildman–Crippen LogP) is 2.59. The molecule has 0 saturated carbocycles. The van der Waals surface area contributed by atoms with Crippen LogP contribution in [0.3, 0.4) is 0 Å². The number of imidazole rings is 1. The van der Waals surface area contributed by atoms with Crippen molar-refractivity contribution in [3.8, 4) is 0 Å². The maximum Gasteiger partial charge on any atom is 0.191 e. The standard InChI is InChI=1S/C18H24ClN7/c1-5-20-18(22-9-16-12(2)24-25(4)13(16)3)21-8-15-11-26-10-14(19)6-7-17(26)23-15/h6-7,10-11H,5,8-9H2,1-4H3,(H2,20,21,22). The first-order valence-corrected chi connectivity index (χ1v) is 9.00. The van der Waals surface area contributed by atoms with Crippen LogP contribution in [0.2, 0.25) is 5.02 Å². The molecule has 138 valence electrons. The number of fused-ring (bicyclic) bond motifs is 1. The van der Waals surface area contributed by atoms with Crippen molar-refractivity contribution >= 4 is 23.2 Å². The van der Waals surface area contributed by atoms with Crippen molar-refractivity contribution in [2.45, 2.75) is 33.9 Å². The maximum atomic E-state index is 6.02. The molecule has 2 N–H and O–H groups in total. The van der Waals surface area contributed by atoms with Crippen molar-refractivity contribution < 1.29 is 0 Å². The predicted molar refractivity (Wildman–Crippen MR) is 105 cm³/mol. The number of aryl methyl sites for hydroxylation is 2. The van der Waals surface area contributed by atoms with Crippen LogP contribution in [0.4, 0.5) is 0 Å². The van der Waals surface area contributed by atoms with Gasteiger partial charge in [-0.25, -0.2) is 9.98 Å². The van der Waals surface area contributed by atoms with Gasteiger partial charge in [-0.15, -0.1) is 0 Å². The van der Waals surface area contributed by atoms with Gasteiger partial charge in [0.2, 0.25) is 0 Å². The first-order valence-electron chi connectivity index (χ1n) is 8.62. The van der Waals surface area contributed by atoms with Gasteiger partial charge in [0.15, 0.2) is 5.96 Å². The molecular formula is C18H24ClN7. The van der Waals surface area contributed by atoms with E-state index in [0.29, 0.717) is 18.1 Å². The molecule has 0 aliphatic rings. The van der Waals surface area contributed by atoms with E-state index in [9.17, 15) is 0 Å². The molecule has 3 heterocycles. The molecule has 0 aromatic carbocycles. The molecule has 0 aliphatic carbocycles. The summed E-state index contributed by atoms with van der Waals surface area (Å²) in [6.45, 7) is 8.08. The topological polar surface area (TPSA) is 71.5 Å². The van der Waals surface area contributed by atoms with Crippen molar-refractivity contribution in [1.29, 1.82) is 0 Å². The minimum Gasteiger partial charge on any atom is -0.357 e. The SMILES string of the molecule is CCNC(=NCc1c(C)nn(C)c1C)NCc1cn2cc(Cl)ccc2n1. The van der Waals surface area contributed by atoms with E-state index in [1.54, 1.807) is 0 Å². The first kappa shape index (κ1) is 18.3. The highest BCUT2D eigenvalue weighted by atomic mass is 35.5. The van der Waals surface area contributed by atoms with Crippen LogP contribution in [0.5, 0.6) is 0 Å². The second-order valence-corrected chi connectivity index (χ2v) is 6.60. The van der Waals surface area contributed by atoms with Gasteiger partial charge < -0.3 is 15.0 Å². The zero-order valence-electron chi connectivity index (χ0n) is 15.5. The number of nitrogens with one attached hydrogen (secondary N) is 2. The van der Waals surface area contributed by atoms with Gasteiger partial charge in [0, 0.05) is 37.2 Å². The Kier molecular flexibility index (Phi) is 5.46. The Labute approximate surface area is 158 Å². The lowest BCUT2D eigenvalue weighted by Crippen LogP contribution is -2.36. The highest BCUT2D eigenvalue weighted by Gasteiger charge is 2.09. The van der Waals surface area contributed by atoms with E-state index in [4.69, 9.17) is 11.6 Å². The third-order valence-electron chi connectivity index (χ3n) is 4.30. The number of halogens is 1. The van der Waals surface area contributed by atoms with Crippen LogP contribution >= 0.6 is 11.6 Å². The molecule has 7 nitrogen and oxygen atoms in total. The maximum absolute atomic E-state index is 6.02. The number of nitrogens with zero attached hydrogens (tertiary/aromatic N) is 5. The molecule has 3 aromatic rings. The molecule has 0 fully saturated rings. The Hall–Kier alpha value is -2.54. The number of aliphatic imine (C=N–C) groups is 1. The van der Waals surface area contributed by atoms with Gasteiger partial charge in [-0.2, -0.15) is 5.10 Å². The van der Waals surface area contributed by atoms with Gasteiger partial charge in [-0.3, -0.25) is 4.68 Å². The van der Waals surface area contributed by atoms with Gasteiger partial charge in [0.25, 0.3) is 0 Å². The minimum absolute atomic E-state index is 0.580. The quantitative estimate of drug-likeness (QED) is 0.532. The van der Waals surface area contributed by atoms with Crippen LogP contribution in [0, 0.1) is 13.8 Å². The number of pyridine rings is 1. The highest BCUT2D eigenvalue weighted by molar-refractivity contribution is 6.30. The summed E-state index contributed by atoms with van der Waals surface area (Å²) in [5.74, 6) is 0.755. The van der Waals surface area contributed by atoms with Crippen molar-refractivity contribution in [1.82, 2.24) is 29.8 Å². The Balaban J connectivity index is 1.71. The summed E-state index contributed by atoms with van der Waals surface area (Å²) in [5.41, 5.74) is 5.11. The Morgan fingerprint density at radius 1 is 1.23 bits per heavy atom. The van der Waals surface area contributed by atoms with E-state index in [1.165, 1.54) is 0 Å². The van der Waals surface area contributed by atoms with Gasteiger partial charge in [0.1, 0.15) is 5.65 Å². The summed E-state index contributed by atoms with van der Waals surface area (Å²) in [6.07, 6.45) is 3.81. The monoisotopic (exact) mass is 373 g/mol. The van der Waals surface area contributed by atoms with E-state index in [1.807, 2.05) is 54.5 Å². The Bertz CT molecular complexity index is 939. The van der Waals surface area contributed by atoms with Crippen molar-refractivity contribution in [3.05, 3.63) is 52.2 Å². The Morgan fingerprint density at radius 2 is 2.04 bits per heavy atom. The molecule has 0 bridgehead atoms. The van der Waals surface area contributed by atoms with Crippen LogP contribution in [0.1, 0.15) is 29.6 Å². The summed E-state index contributed by atoms with van der Waals surface area (Å²) >= 11 is 6.02. The lowest BCUT2D eigenvalue weighted by molar-refractivity contribution is 0.730. The number of hydrogen-bond donors (Lipinski definition) is 2. The second-order valence-electron chi connectivity index (χ2n) is 6.17. The first-order chi connectivity index (χ1) is 12.5. The molecule has 0 amide bonds. The fourth-order valence-electron chi connectivity index (χ4n) is 2.82. The van der Waals surface area contributed by atoms with Gasteiger partial charge in [-0.1, -0.05) is 11.6 Å². The molecule has 0 unspecified atom stereocenters. The van der Waals surface area contributed by atoms with Gasteiger partial charge in [-0.05, 0) is 32.9 Å². The van der Waals surface area contributed by atoms with Gasteiger partial charge in [0.05, 0.1) is 29.5 Å². The highest BCUT2D eigenvalue weighted by Crippen LogP contribution is 2.13. The zero-order chi connectivity index (χ0) is 18.7. The molecule has 3 aromatic heterocycles. The van der Waals surface area contributed by atoms with E-state index < -0.39 is 0 Å². The van der Waals surface area contributed by atoms with E-state index in [-0.39, 0.29) is 0 Å². The van der Waals surface area contributed by atoms with Crippen LogP contribution in [-0.2, 0) is 20.1 Å². The van der Waals surface area contributed by atoms with Crippen LogP contribution in [0.25, 0.3) is 5.65 Å². The molecule has 3 rings (SSSR count). The van der Waals surface area contributed by atoms with Crippen LogP contribution < -0.4 is 10.6 Å². The zero-order valence-corrected chi connectivity index (χ0v) is 16.3. The van der Waals surface area contributed by atoms with Crippen molar-refractivity contribution in [3.63, 3.8) is 0 Å². The molecule has 0 saturated heterocycles. The van der Waals surface area contributed by atoms with Gasteiger partial charge >= 0.3 is 0 Å². The molecule has 0 aliphatic heterocycles. The summed E-state index contributed by atoms with van der Waals surface area (Å²) in [5, 5.41) is 11.7. The largest absolute Gasteiger partial charge is 0.357 e. The lowest BCUT2D eigenvalue weighted by Gasteiger charge is -2.10. The number of rotatable bonds is 5. The van der Waals surface area contributed by atoms with Crippen LogP contribution in [-0.4, -0.2) is 31.7 Å². The number of hydrogen-bond acceptors (Lipinski definition) is 3. The molecule has 8 heteroatoms. The van der Waals surface area contributed by atoms with Crippen molar-refractivity contribution in [2.24, 2.45) is 12.0 Å². The minimum atomic E-state index is 0.580. The number of guanidine groups is 1. The van der Waals surface area contributed by atoms with Crippen molar-refractivity contribution in [2.75, 3.05) is 6.54 Å². The molecular weight excluding hydrogens is 350 g/mol. The number of aromatic nitrogens is 4. The summed E-state index contributed by atoms with van der Waals surface area (Å²) in [4.78, 5) is 9.27. The normalized spacial score (nSPS) is 12.0. The fraction of sp³-hybridized carbons (Fsp3) is 0.389. The summed E-state index contributed by atoms with van der Waals surface area (Å²) in [7, 11) is 1.95. The van der Waals surface area contributed by atoms with E-state index >= 15 is 0 Å². The van der Waals surface area contributed by atoms with E-state index in [0.717, 1.165) is 40.8 Å². The average molecular weight is 374 g/mol. The average Bonchev–Trinajstić information content (AvgIpc) is 3.11. The van der Waals surface area contributed by atoms with E-state index in [2.05, 4.69) is 32.6 Å². The Morgan fingerprint density at radius 3 is 2.73 bits per heavy atom. The summed E-state index contributed by atoms with van der Waals surface area (Å²) in [6, 6.07) is 3.74. The van der Waals surface area contributed by atoms with Crippen LogP contribution in [0.15, 0.2) is 29.5 Å². The molecule has 0 radical (unpaired) electrons. The molecule has 0 spiro atoms. The molecule has 26 heavy (non-hydrogen) atoms. The third kappa shape index (κ3) is 3.99. The fourth-order valence-corrected chi connectivity index (χ4v) is 2.99. The summed E-state index contributed by atoms with van der Waals surface area (Å²) < 4.78 is 3.81.